The van der Waals surface area contributed by atoms with E-state index in [4.69, 9.17) is 22.9 Å². The van der Waals surface area contributed by atoms with Crippen molar-refractivity contribution in [1.29, 1.82) is 0 Å². The lowest BCUT2D eigenvalue weighted by atomic mass is 9.99. The Labute approximate surface area is 789 Å². The second-order valence-electron chi connectivity index (χ2n) is 36.1. The quantitative estimate of drug-likeness (QED) is 0.0228. The summed E-state index contributed by atoms with van der Waals surface area (Å²) in [4.78, 5) is 271. The van der Waals surface area contributed by atoms with Crippen LogP contribution in [-0.2, 0) is 112 Å². The Balaban J connectivity index is 1.22. The van der Waals surface area contributed by atoms with E-state index in [1.165, 1.54) is 68.0 Å². The number of nitrogens with two attached hydrogens (primary N) is 4. The molecule has 0 spiro atoms. The van der Waals surface area contributed by atoms with Gasteiger partial charge < -0.3 is 131 Å². The lowest BCUT2D eigenvalue weighted by molar-refractivity contribution is -0.149. The van der Waals surface area contributed by atoms with Crippen molar-refractivity contribution in [2.45, 2.75) is 261 Å². The second-order valence-corrected chi connectivity index (χ2v) is 36.1. The fourth-order valence-electron chi connectivity index (χ4n) is 17.2. The Morgan fingerprint density at radius 1 is 0.529 bits per heavy atom. The molecule has 17 amide bonds. The molecular formula is C93H136N22O21. The van der Waals surface area contributed by atoms with E-state index < -0.39 is 243 Å². The highest BCUT2D eigenvalue weighted by atomic mass is 16.4. The minimum absolute atomic E-state index is 0.00118. The lowest BCUT2D eigenvalue weighted by Gasteiger charge is -2.36. The Hall–Kier alpha value is -13.2. The number of phenols is 1. The van der Waals surface area contributed by atoms with Gasteiger partial charge in [0.1, 0.15) is 96.9 Å². The van der Waals surface area contributed by atoms with Crippen LogP contribution in [0.5, 0.6) is 5.75 Å². The van der Waals surface area contributed by atoms with E-state index in [1.807, 2.05) is 13.8 Å². The number of primary amides is 2. The van der Waals surface area contributed by atoms with Crippen molar-refractivity contribution in [3.63, 3.8) is 0 Å². The number of likely N-dealkylation sites (N-methyl/N-ethyl adjacent to an activating group) is 3. The summed E-state index contributed by atoms with van der Waals surface area (Å²) in [5, 5.41) is 62.4. The third-order valence-corrected chi connectivity index (χ3v) is 24.7. The Morgan fingerprint density at radius 2 is 1.08 bits per heavy atom. The number of para-hydroxylation sites is 2. The number of aliphatic carboxylic acids is 1. The summed E-state index contributed by atoms with van der Waals surface area (Å²) in [6, 6.07) is -2.14. The Kier molecular flexibility index (Phi) is 41.0. The Morgan fingerprint density at radius 3 is 1.73 bits per heavy atom. The molecule has 0 unspecified atom stereocenters. The number of amides is 17. The number of nitrogens with zero attached hydrogens (tertiary/aromatic N) is 6. The summed E-state index contributed by atoms with van der Waals surface area (Å²) in [5.74, 6) is -17.9. The minimum atomic E-state index is -1.77. The average molecular weight is 1900 g/mol. The van der Waals surface area contributed by atoms with Crippen LogP contribution in [0.2, 0.25) is 0 Å². The van der Waals surface area contributed by atoms with E-state index in [0.29, 0.717) is 70.6 Å². The monoisotopic (exact) mass is 1900 g/mol. The number of aromatic amines is 1. The predicted octanol–water partition coefficient (Wildman–Crippen LogP) is -2.60. The maximum absolute atomic E-state index is 16.1. The Bertz CT molecular complexity index is 5080. The van der Waals surface area contributed by atoms with Crippen LogP contribution >= 0.6 is 0 Å². The standard InChI is InChI=1S/C93H136N22O21/c1-11-13-26-72-86(129)103-63(36-51(3)4)83(126)109-70(81(124)100-46-77(97)119)45-98-47-78(120)101-66(38-54-30-32-57(116)33-31-54)89(132)110(8)53(7)80(123)105-68(42-76(96)118)91(134)114-35-21-29-73(114)87(130)108-69(43-95)85(128)106-65(37-52(5)6)92(135)115-49-58(117)41-75(115)88(131)104-64(39-55-44-99-61-24-17-15-22-59(55)61)84(127)102-62(25-19-20-34-94)82(125)107-67(90(133)112(10)74(27-14-12-2)93(136)111(72)9)40-56-48-113(50-79(121)122)71-28-18-16-23-60(56)71/h15-18,22-24,28,30-33,44,48,51-53,58,62-70,72-75,98-99,116-117H,11-14,19-21,25-27,29,34-43,45-47,49-50,94-95H2,1-10H3,(H2,96,118)(H2,97,119)(H,100,124)(H,101,120)(H,102,127)(H,103,129)(H,104,131)(H,105,123)(H,106,128)(H,107,125)(H,108,130)(H,109,126)(H,121,122)/t53-,58+,62-,63-,64-,65-,66-,67-,68-,69-,70-,72-,73-,74-,75-/m0/s1. The zero-order chi connectivity index (χ0) is 100. The summed E-state index contributed by atoms with van der Waals surface area (Å²) in [6.45, 7) is 8.38. The molecule has 0 bridgehead atoms. The summed E-state index contributed by atoms with van der Waals surface area (Å²) in [6.07, 6.45) is 1.66. The number of unbranched alkanes of at least 4 members (excludes halogenated alkanes) is 3. The molecule has 0 saturated carbocycles. The molecule has 3 saturated heterocycles. The number of rotatable bonds is 28. The molecule has 0 radical (unpaired) electrons. The molecule has 43 nitrogen and oxygen atoms in total. The van der Waals surface area contributed by atoms with Gasteiger partial charge in [-0.15, -0.1) is 0 Å². The molecule has 3 aromatic carbocycles. The molecule has 5 aromatic rings. The van der Waals surface area contributed by atoms with Gasteiger partial charge in [0.2, 0.25) is 100 Å². The first-order valence-electron chi connectivity index (χ1n) is 46.5. The van der Waals surface area contributed by atoms with Gasteiger partial charge in [0.15, 0.2) is 0 Å². The van der Waals surface area contributed by atoms with Crippen molar-refractivity contribution in [2.75, 3.05) is 67.0 Å². The molecule has 5 heterocycles. The molecule has 23 N–H and O–H groups in total. The highest BCUT2D eigenvalue weighted by Crippen LogP contribution is 2.29. The average Bonchev–Trinajstić information content (AvgIpc) is 1.63. The number of carbonyl (C=O) groups excluding carboxylic acids is 17. The van der Waals surface area contributed by atoms with E-state index in [1.54, 1.807) is 82.4 Å². The van der Waals surface area contributed by atoms with Crippen molar-refractivity contribution >= 4 is 128 Å². The summed E-state index contributed by atoms with van der Waals surface area (Å²) in [7, 11) is 3.92. The number of carboxylic acids is 1. The zero-order valence-electron chi connectivity index (χ0n) is 79.0. The number of H-pyrrole nitrogens is 1. The van der Waals surface area contributed by atoms with E-state index in [-0.39, 0.29) is 108 Å². The predicted molar refractivity (Wildman–Crippen MR) is 499 cm³/mol. The number of benzene rings is 3. The van der Waals surface area contributed by atoms with Crippen molar-refractivity contribution < 1.29 is 102 Å². The second kappa shape index (κ2) is 51.5. The van der Waals surface area contributed by atoms with Crippen LogP contribution < -0.4 is 81.4 Å². The number of aromatic hydroxyl groups is 1. The van der Waals surface area contributed by atoms with E-state index in [2.05, 4.69) is 63.5 Å². The highest BCUT2D eigenvalue weighted by Gasteiger charge is 2.47. The molecule has 3 aliphatic rings. The molecule has 3 aliphatic heterocycles. The van der Waals surface area contributed by atoms with Crippen molar-refractivity contribution in [3.8, 4) is 5.75 Å². The molecule has 744 valence electrons. The van der Waals surface area contributed by atoms with Gasteiger partial charge in [-0.1, -0.05) is 116 Å². The van der Waals surface area contributed by atoms with E-state index in [9.17, 15) is 68.1 Å². The SMILES string of the molecule is CCCC[C@H]1C(=O)N(C)[C@@H](CCCC)C(=O)N[C@@H](CC(C)C)C(=O)N[C@H](C(=O)NCC(N)=O)CNCC(=O)N[C@@H](Cc2ccc(O)cc2)C(=O)N(C)[C@@H](C)C(=O)N[C@@H](CC(N)=O)C(=O)N2CCC[C@H]2C(=O)N[C@@H](CN)C(=O)N[C@@H](CC(C)C)C(=O)N2C[C@H](O)C[C@H]2C(=O)N[C@@H](Cc2c[nH]c3ccccc23)C(=O)N[C@@H](CCCCN)C(=O)N[C@@H](Cc2cn(CC(=O)O)c3ccccc23)C(=O)N1C. The van der Waals surface area contributed by atoms with Gasteiger partial charge in [0.25, 0.3) is 0 Å². The maximum atomic E-state index is 16.1. The molecule has 2 aromatic heterocycles. The van der Waals surface area contributed by atoms with Crippen molar-refractivity contribution in [3.05, 3.63) is 102 Å². The van der Waals surface area contributed by atoms with Crippen LogP contribution in [0.3, 0.4) is 0 Å². The first-order valence-corrected chi connectivity index (χ1v) is 46.5. The topological polar surface area (TPSA) is 641 Å². The molecule has 136 heavy (non-hydrogen) atoms. The zero-order valence-corrected chi connectivity index (χ0v) is 79.0. The van der Waals surface area contributed by atoms with Crippen molar-refractivity contribution in [2.24, 2.45) is 34.8 Å². The van der Waals surface area contributed by atoms with E-state index >= 15 is 33.6 Å². The highest BCUT2D eigenvalue weighted by molar-refractivity contribution is 6.03. The number of aromatic nitrogens is 2. The third-order valence-electron chi connectivity index (χ3n) is 24.7. The summed E-state index contributed by atoms with van der Waals surface area (Å²) in [5.41, 5.74) is 25.8. The first kappa shape index (κ1) is 108. The number of aliphatic hydroxyl groups excluding tert-OH is 1. The number of aliphatic hydroxyl groups is 1. The minimum Gasteiger partial charge on any atom is -0.508 e. The maximum Gasteiger partial charge on any atom is 0.323 e. The van der Waals surface area contributed by atoms with Crippen LogP contribution in [-0.4, -0.2) is 313 Å². The van der Waals surface area contributed by atoms with Gasteiger partial charge >= 0.3 is 5.97 Å². The smallest absolute Gasteiger partial charge is 0.323 e. The first-order chi connectivity index (χ1) is 64.6. The van der Waals surface area contributed by atoms with Gasteiger partial charge in [0, 0.05) is 107 Å². The number of phenolic OH excluding ortho intramolecular Hbond substituents is 1. The normalized spacial score (nSPS) is 24.8. The number of carboxylic acid groups (broad SMARTS) is 1. The van der Waals surface area contributed by atoms with Gasteiger partial charge in [-0.25, -0.2) is 0 Å². The number of hydrogen-bond acceptors (Lipinski definition) is 23. The molecular weight excluding hydrogens is 1760 g/mol. The van der Waals surface area contributed by atoms with Gasteiger partial charge in [-0.05, 0) is 124 Å². The number of fused-ring (bicyclic) bond motifs is 4. The summed E-state index contributed by atoms with van der Waals surface area (Å²) >= 11 is 0. The lowest BCUT2D eigenvalue weighted by Crippen LogP contribution is -2.61. The number of hydrogen-bond donors (Lipinski definition) is 19. The van der Waals surface area contributed by atoms with Gasteiger partial charge in [-0.3, -0.25) is 86.3 Å². The summed E-state index contributed by atoms with van der Waals surface area (Å²) < 4.78 is 1.45. The number of carbonyl (C=O) groups is 18. The molecule has 43 heteroatoms. The van der Waals surface area contributed by atoms with Crippen LogP contribution in [0.15, 0.2) is 85.2 Å². The van der Waals surface area contributed by atoms with Gasteiger partial charge in [-0.2, -0.15) is 0 Å². The van der Waals surface area contributed by atoms with Crippen LogP contribution in [0, 0.1) is 11.8 Å². The molecule has 0 aliphatic carbocycles. The molecule has 8 rings (SSSR count). The van der Waals surface area contributed by atoms with E-state index in [0.717, 1.165) is 19.6 Å². The third kappa shape index (κ3) is 30.2. The van der Waals surface area contributed by atoms with Crippen LogP contribution in [0.25, 0.3) is 21.8 Å². The fourth-order valence-corrected chi connectivity index (χ4v) is 17.2. The molecule has 15 atom stereocenters. The van der Waals surface area contributed by atoms with Crippen molar-refractivity contribution in [1.82, 2.24) is 92.5 Å². The number of nitrogens with one attached hydrogen (secondary N) is 12. The van der Waals surface area contributed by atoms with Gasteiger partial charge in [0.05, 0.1) is 25.6 Å². The van der Waals surface area contributed by atoms with Crippen LogP contribution in [0.4, 0.5) is 0 Å². The largest absolute Gasteiger partial charge is 0.508 e. The fraction of sp³-hybridized carbons (Fsp3) is 0.570. The van der Waals surface area contributed by atoms with Crippen LogP contribution in [0.1, 0.15) is 161 Å². The molecule has 3 fully saturated rings.